The molecular formula is C49H96N15NaO12S2Si4. The van der Waals surface area contributed by atoms with Crippen LogP contribution in [0.1, 0.15) is 114 Å². The first-order valence-corrected chi connectivity index (χ1v) is 34.9. The van der Waals surface area contributed by atoms with Crippen molar-refractivity contribution in [3.63, 3.8) is 0 Å². The first kappa shape index (κ1) is 82.4. The molecule has 3 heterocycles. The van der Waals surface area contributed by atoms with Crippen molar-refractivity contribution in [2.75, 3.05) is 139 Å². The van der Waals surface area contributed by atoms with Crippen LogP contribution in [0, 0.1) is 30.6 Å². The van der Waals surface area contributed by atoms with Crippen LogP contribution in [-0.4, -0.2) is 200 Å². The second kappa shape index (κ2) is 49.4. The van der Waals surface area contributed by atoms with Crippen LogP contribution in [-0.2, 0) is 66.7 Å². The van der Waals surface area contributed by atoms with E-state index in [1.54, 1.807) is 6.92 Å². The fourth-order valence-electron chi connectivity index (χ4n) is 7.38. The van der Waals surface area contributed by atoms with Gasteiger partial charge in [0.15, 0.2) is 0 Å². The van der Waals surface area contributed by atoms with Gasteiger partial charge in [-0.05, 0) is 134 Å². The Morgan fingerprint density at radius 1 is 0.482 bits per heavy atom. The number of nitrogens with one attached hydrogen (secondary N) is 6. The molecule has 3 aromatic heterocycles. The molecule has 0 aliphatic heterocycles. The Morgan fingerprint density at radius 3 is 1.13 bits per heavy atom. The van der Waals surface area contributed by atoms with E-state index in [9.17, 15) is 0 Å². The third-order valence-corrected chi connectivity index (χ3v) is 19.9. The van der Waals surface area contributed by atoms with Gasteiger partial charge in [0, 0.05) is 133 Å². The second-order valence-electron chi connectivity index (χ2n) is 16.3. The quantitative estimate of drug-likeness (QED) is 0.00811. The zero-order chi connectivity index (χ0) is 60.3. The second-order valence-corrected chi connectivity index (χ2v) is 25.3. The monoisotopic (exact) mass is 1290 g/mol. The number of H-pyrrole nitrogens is 1. The van der Waals surface area contributed by atoms with Crippen molar-refractivity contribution in [1.29, 1.82) is 0 Å². The molecular weight excluding hydrogens is 1190 g/mol. The van der Waals surface area contributed by atoms with E-state index in [4.69, 9.17) is 84.6 Å². The minimum absolute atomic E-state index is 0. The van der Waals surface area contributed by atoms with E-state index >= 15 is 0 Å². The molecule has 468 valence electrons. The van der Waals surface area contributed by atoms with E-state index < -0.39 is 32.4 Å². The molecule has 0 aliphatic rings. The summed E-state index contributed by atoms with van der Waals surface area (Å²) < 4.78 is 69.6. The molecule has 3 aromatic rings. The Hall–Kier alpha value is -2.62. The van der Waals surface area contributed by atoms with Gasteiger partial charge in [-0.3, -0.25) is 5.32 Å². The maximum atomic E-state index is 5.89. The zero-order valence-electron chi connectivity index (χ0n) is 52.1. The Morgan fingerprint density at radius 2 is 0.807 bits per heavy atom. The van der Waals surface area contributed by atoms with Crippen molar-refractivity contribution < 1.29 is 83.6 Å². The van der Waals surface area contributed by atoms with Crippen LogP contribution >= 0.6 is 12.2 Å². The zero-order valence-corrected chi connectivity index (χ0v) is 59.8. The fraction of sp³-hybridized carbons (Fsp3) is 0.776. The van der Waals surface area contributed by atoms with E-state index in [2.05, 4.69) is 83.4 Å². The Kier molecular flexibility index (Phi) is 49.0. The predicted molar refractivity (Wildman–Crippen MR) is 330 cm³/mol. The molecule has 0 aromatic carbocycles. The van der Waals surface area contributed by atoms with Crippen LogP contribution in [0.2, 0.25) is 18.1 Å². The standard InChI is InChI=1S/C22H41N5O6Si.C15H32N6O3Si.C12H24N4O3S2Si.Na.Si/c1-8-28-22(29-9-2,30-10-3)15-17-24-21-26-19(7)25-20(27-21)23-16-14-18-34(31-11-4,32-12-5)33-13-6;1-5-22-25(23-6-2,24-7-3)12-8-10-17-14-19-13(4)20-15(21-14)18-11-9-16;1-4-17-22(18-5-2,19-6-3)9-7-8-13-10-14-11(20)16-12(21)15-10;;/h8-14,16,18H2,1-7H3,(H2,23,24,25,26,27);5-12,16H2,1-4H3,(H2,17,18,19,20,21);4-9H2,1-3H3,(H3,13,14,15,16,20,21);;/q;;;+1;/p-1. The minimum atomic E-state index is -2.67. The van der Waals surface area contributed by atoms with Gasteiger partial charge in [-0.15, -0.1) is 0 Å². The van der Waals surface area contributed by atoms with Crippen molar-refractivity contribution in [1.82, 2.24) is 44.9 Å². The number of hydrogen-bond acceptors (Lipinski definition) is 28. The van der Waals surface area contributed by atoms with Gasteiger partial charge in [-0.1, -0.05) is 0 Å². The summed E-state index contributed by atoms with van der Waals surface area (Å²) in [6, 6.07) is 4.97. The molecule has 0 unspecified atom stereocenters. The molecule has 3 rings (SSSR count). The number of anilines is 5. The van der Waals surface area contributed by atoms with E-state index in [1.807, 2.05) is 90.0 Å². The first-order chi connectivity index (χ1) is 39.0. The number of nitrogens with zero attached hydrogens (tertiary/aromatic N) is 8. The molecule has 0 atom stereocenters. The summed E-state index contributed by atoms with van der Waals surface area (Å²) in [4.78, 5) is 36.6. The average molecular weight is 1290 g/mol. The van der Waals surface area contributed by atoms with Gasteiger partial charge in [0.1, 0.15) is 11.6 Å². The number of ether oxygens (including phenoxy) is 3. The van der Waals surface area contributed by atoms with Crippen LogP contribution in [0.5, 0.6) is 0 Å². The van der Waals surface area contributed by atoms with Gasteiger partial charge in [0.2, 0.25) is 34.5 Å². The summed E-state index contributed by atoms with van der Waals surface area (Å²) >= 11 is 9.89. The molecule has 0 bridgehead atoms. The smallest absolute Gasteiger partial charge is 0.742 e. The van der Waals surface area contributed by atoms with Gasteiger partial charge in [-0.25, -0.2) is 4.98 Å². The molecule has 4 radical (unpaired) electrons. The summed E-state index contributed by atoms with van der Waals surface area (Å²) in [5, 5.41) is 15.8. The molecule has 0 amide bonds. The fourth-order valence-corrected chi connectivity index (χ4v) is 15.6. The number of hydrogen-bond donors (Lipinski definition) is 7. The van der Waals surface area contributed by atoms with Crippen LogP contribution in [0.4, 0.5) is 29.7 Å². The normalized spacial score (nSPS) is 11.4. The van der Waals surface area contributed by atoms with Crippen LogP contribution in [0.3, 0.4) is 0 Å². The minimum Gasteiger partial charge on any atom is -0.742 e. The van der Waals surface area contributed by atoms with Gasteiger partial charge >= 0.3 is 61.9 Å². The number of aromatic amines is 1. The average Bonchev–Trinajstić information content (AvgIpc) is 3.40. The maximum absolute atomic E-state index is 5.89. The molecule has 83 heavy (non-hydrogen) atoms. The van der Waals surface area contributed by atoms with Gasteiger partial charge in [0.05, 0.1) is 19.8 Å². The third-order valence-electron chi connectivity index (χ3n) is 10.1. The van der Waals surface area contributed by atoms with Crippen LogP contribution in [0.15, 0.2) is 5.16 Å². The van der Waals surface area contributed by atoms with Crippen molar-refractivity contribution in [2.45, 2.75) is 145 Å². The Balaban J connectivity index is 0. The predicted octanol–water partition coefficient (Wildman–Crippen LogP) is 3.48. The van der Waals surface area contributed by atoms with E-state index in [-0.39, 0.29) is 45.3 Å². The molecule has 0 aliphatic carbocycles. The van der Waals surface area contributed by atoms with Crippen LogP contribution < -0.4 is 61.9 Å². The molecule has 27 nitrogen and oxygen atoms in total. The summed E-state index contributed by atoms with van der Waals surface area (Å²) in [6.45, 7) is 36.2. The molecule has 8 N–H and O–H groups in total. The van der Waals surface area contributed by atoms with Gasteiger partial charge in [-0.2, -0.15) is 34.9 Å². The van der Waals surface area contributed by atoms with E-state index in [1.165, 1.54) is 0 Å². The first-order valence-electron chi connectivity index (χ1n) is 28.3. The summed E-state index contributed by atoms with van der Waals surface area (Å²) in [7, 11) is -7.84. The molecule has 0 saturated heterocycles. The van der Waals surface area contributed by atoms with Crippen molar-refractivity contribution in [3.05, 3.63) is 16.4 Å². The van der Waals surface area contributed by atoms with Crippen LogP contribution in [0.25, 0.3) is 0 Å². The number of nitrogens with two attached hydrogens (primary N) is 1. The Bertz CT molecular complexity index is 2180. The van der Waals surface area contributed by atoms with E-state index in [0.29, 0.717) is 165 Å². The topological polar surface area (TPSA) is 316 Å². The molecule has 0 saturated carbocycles. The number of aromatic nitrogens is 9. The van der Waals surface area contributed by atoms with Crippen molar-refractivity contribution in [2.24, 2.45) is 5.73 Å². The number of aryl methyl sites for hydroxylation is 2. The van der Waals surface area contributed by atoms with Crippen molar-refractivity contribution >= 4 is 92.0 Å². The summed E-state index contributed by atoms with van der Waals surface area (Å²) in [6.07, 6.45) is 2.44. The molecule has 0 spiro atoms. The largest absolute Gasteiger partial charge is 1.00 e. The third kappa shape index (κ3) is 35.1. The van der Waals surface area contributed by atoms with Crippen molar-refractivity contribution in [3.8, 4) is 12.0 Å². The Labute approximate surface area is 535 Å². The molecule has 0 fully saturated rings. The van der Waals surface area contributed by atoms with E-state index in [0.717, 1.165) is 31.4 Å². The SMILES string of the molecule is CCOC(C#CNc1nc(C)nc(NCCC[Si](OCC)(OCC)OCC)n1)(OCC)OCC.CCO[Si](CCCNc1nc(=S)nc([S-])[nH]1)(OCC)OCC.CCO[Si](CCCNc1nc(C)nc(NCCN)n1)(OCC)OCC.[Na+].[Si]. The van der Waals surface area contributed by atoms with Gasteiger partial charge in [0.25, 0.3) is 0 Å². The summed E-state index contributed by atoms with van der Waals surface area (Å²) in [5.74, 6) is 4.96. The number of rotatable bonds is 43. The summed E-state index contributed by atoms with van der Waals surface area (Å²) in [5.41, 5.74) is 5.48. The van der Waals surface area contributed by atoms with Gasteiger partial charge < -0.3 is 98.7 Å². The maximum Gasteiger partial charge on any atom is 1.00 e. The molecule has 34 heteroatoms.